The predicted octanol–water partition coefficient (Wildman–Crippen LogP) is -2.22. The van der Waals surface area contributed by atoms with Gasteiger partial charge in [-0.25, -0.2) is 9.78 Å². The smallest absolute Gasteiger partial charge is 0.326 e. The number of carbonyl (C=O) groups is 5. The Hall–Kier alpha value is -4.21. The summed E-state index contributed by atoms with van der Waals surface area (Å²) in [6.07, 6.45) is 2.56. The van der Waals surface area contributed by atoms with Crippen LogP contribution in [0.25, 0.3) is 0 Å². The number of aromatic nitrogens is 2. The van der Waals surface area contributed by atoms with Crippen LogP contribution in [0.1, 0.15) is 51.6 Å². The van der Waals surface area contributed by atoms with Crippen molar-refractivity contribution in [2.75, 3.05) is 6.54 Å². The van der Waals surface area contributed by atoms with Crippen molar-refractivity contribution >= 4 is 35.6 Å². The first-order valence-electron chi connectivity index (χ1n) is 12.4. The molecule has 0 spiro atoms. The lowest BCUT2D eigenvalue weighted by molar-refractivity contribution is -0.142. The summed E-state index contributed by atoms with van der Waals surface area (Å²) in [7, 11) is 0. The summed E-state index contributed by atoms with van der Waals surface area (Å²) < 4.78 is 0. The molecule has 0 fully saturated rings. The Labute approximate surface area is 225 Å². The third-order valence-corrected chi connectivity index (χ3v) is 5.51. The van der Waals surface area contributed by atoms with E-state index in [2.05, 4.69) is 30.9 Å². The molecule has 0 saturated carbocycles. The van der Waals surface area contributed by atoms with Crippen LogP contribution in [-0.4, -0.2) is 86.5 Å². The summed E-state index contributed by atoms with van der Waals surface area (Å²) in [5, 5.41) is 26.0. The Bertz CT molecular complexity index is 994. The van der Waals surface area contributed by atoms with Crippen molar-refractivity contribution in [1.82, 2.24) is 25.9 Å². The third kappa shape index (κ3) is 13.2. The minimum Gasteiger partial charge on any atom is -0.481 e. The number of nitrogens with one attached hydrogen (secondary N) is 4. The Kier molecular flexibility index (Phi) is 14.0. The molecule has 0 aliphatic rings. The number of aliphatic carboxylic acids is 2. The molecule has 0 saturated heterocycles. The average molecular weight is 554 g/mol. The summed E-state index contributed by atoms with van der Waals surface area (Å²) in [5.74, 6) is -4.85. The molecule has 12 N–H and O–H groups in total. The van der Waals surface area contributed by atoms with E-state index in [0.29, 0.717) is 12.1 Å². The van der Waals surface area contributed by atoms with E-state index in [0.717, 1.165) is 0 Å². The fraction of sp³-hybridized carbons (Fsp3) is 0.609. The van der Waals surface area contributed by atoms with Gasteiger partial charge in [0.15, 0.2) is 5.96 Å². The van der Waals surface area contributed by atoms with Crippen molar-refractivity contribution in [3.8, 4) is 0 Å². The molecule has 16 nitrogen and oxygen atoms in total. The van der Waals surface area contributed by atoms with Crippen LogP contribution >= 0.6 is 0 Å². The highest BCUT2D eigenvalue weighted by atomic mass is 16.4. The Morgan fingerprint density at radius 1 is 0.974 bits per heavy atom. The van der Waals surface area contributed by atoms with E-state index in [4.69, 9.17) is 22.3 Å². The molecule has 0 radical (unpaired) electrons. The van der Waals surface area contributed by atoms with Crippen LogP contribution in [-0.2, 0) is 30.4 Å². The highest BCUT2D eigenvalue weighted by Crippen LogP contribution is 2.07. The molecule has 4 unspecified atom stereocenters. The van der Waals surface area contributed by atoms with Gasteiger partial charge in [0.05, 0.1) is 12.4 Å². The number of amides is 3. The molecule has 1 heterocycles. The van der Waals surface area contributed by atoms with Gasteiger partial charge in [0.2, 0.25) is 17.7 Å². The normalized spacial score (nSPS) is 13.9. The zero-order valence-corrected chi connectivity index (χ0v) is 22.1. The summed E-state index contributed by atoms with van der Waals surface area (Å²) in [6, 6.07) is -4.82. The molecular weight excluding hydrogens is 514 g/mol. The van der Waals surface area contributed by atoms with Crippen molar-refractivity contribution in [2.24, 2.45) is 28.1 Å². The number of H-pyrrole nitrogens is 1. The lowest BCUT2D eigenvalue weighted by Gasteiger charge is -2.25. The lowest BCUT2D eigenvalue weighted by Crippen LogP contribution is -2.57. The molecule has 4 atom stereocenters. The largest absolute Gasteiger partial charge is 0.481 e. The van der Waals surface area contributed by atoms with Crippen molar-refractivity contribution in [1.29, 1.82) is 0 Å². The van der Waals surface area contributed by atoms with Gasteiger partial charge in [-0.15, -0.1) is 0 Å². The number of aliphatic imine (C=N–C) groups is 1. The molecule has 218 valence electrons. The number of nitrogens with two attached hydrogens (primary N) is 3. The van der Waals surface area contributed by atoms with Crippen LogP contribution in [0.4, 0.5) is 0 Å². The molecule has 3 amide bonds. The molecule has 1 aromatic heterocycles. The lowest BCUT2D eigenvalue weighted by atomic mass is 10.0. The maximum absolute atomic E-state index is 13.1. The van der Waals surface area contributed by atoms with Gasteiger partial charge in [0, 0.05) is 31.3 Å². The highest BCUT2D eigenvalue weighted by molar-refractivity contribution is 5.94. The number of imidazole rings is 1. The van der Waals surface area contributed by atoms with Crippen LogP contribution in [0, 0.1) is 5.92 Å². The Morgan fingerprint density at radius 3 is 2.08 bits per heavy atom. The first-order valence-corrected chi connectivity index (χ1v) is 12.4. The Morgan fingerprint density at radius 2 is 1.56 bits per heavy atom. The standard InChI is InChI=1S/C23H39N9O7/c1-12(2)8-14(24)19(35)30-16(5-6-18(33)34)21(37)31-15(4-3-7-28-23(25)26)20(36)32-17(22(38)39)9-13-10-27-11-29-13/h10-12,14-17H,3-9,24H2,1-2H3,(H,27,29)(H,30,35)(H,31,37)(H,32,36)(H,33,34)(H,38,39)(H4,25,26,28). The molecule has 0 aliphatic heterocycles. The topological polar surface area (TPSA) is 281 Å². The minimum atomic E-state index is -1.34. The monoisotopic (exact) mass is 553 g/mol. The summed E-state index contributed by atoms with van der Waals surface area (Å²) in [6.45, 7) is 3.86. The van der Waals surface area contributed by atoms with Gasteiger partial charge < -0.3 is 48.3 Å². The van der Waals surface area contributed by atoms with Gasteiger partial charge in [-0.05, 0) is 31.6 Å². The van der Waals surface area contributed by atoms with E-state index in [1.54, 1.807) is 0 Å². The fourth-order valence-corrected chi connectivity index (χ4v) is 3.56. The predicted molar refractivity (Wildman–Crippen MR) is 140 cm³/mol. The van der Waals surface area contributed by atoms with Crippen molar-refractivity contribution in [2.45, 2.75) is 76.5 Å². The molecule has 1 aromatic rings. The van der Waals surface area contributed by atoms with E-state index in [-0.39, 0.29) is 44.1 Å². The van der Waals surface area contributed by atoms with Crippen molar-refractivity contribution in [3.63, 3.8) is 0 Å². The van der Waals surface area contributed by atoms with Crippen LogP contribution in [0.3, 0.4) is 0 Å². The average Bonchev–Trinajstić information content (AvgIpc) is 3.35. The number of carboxylic acid groups (broad SMARTS) is 2. The number of rotatable bonds is 18. The van der Waals surface area contributed by atoms with E-state index in [1.165, 1.54) is 12.5 Å². The van der Waals surface area contributed by atoms with Gasteiger partial charge in [0.1, 0.15) is 18.1 Å². The zero-order valence-electron chi connectivity index (χ0n) is 22.1. The Balaban J connectivity index is 3.07. The number of aromatic amines is 1. The van der Waals surface area contributed by atoms with Crippen molar-refractivity contribution < 1.29 is 34.2 Å². The minimum absolute atomic E-state index is 0.0111. The van der Waals surface area contributed by atoms with Crippen LogP contribution in [0.2, 0.25) is 0 Å². The third-order valence-electron chi connectivity index (χ3n) is 5.51. The molecule has 39 heavy (non-hydrogen) atoms. The van der Waals surface area contributed by atoms with Gasteiger partial charge >= 0.3 is 11.9 Å². The van der Waals surface area contributed by atoms with Gasteiger partial charge in [0.25, 0.3) is 0 Å². The van der Waals surface area contributed by atoms with Crippen LogP contribution in [0.15, 0.2) is 17.5 Å². The number of guanidine groups is 1. The number of carbonyl (C=O) groups excluding carboxylic acids is 3. The van der Waals surface area contributed by atoms with E-state index in [1.807, 2.05) is 13.8 Å². The van der Waals surface area contributed by atoms with Gasteiger partial charge in [-0.1, -0.05) is 13.8 Å². The number of nitrogens with zero attached hydrogens (tertiary/aromatic N) is 2. The van der Waals surface area contributed by atoms with Crippen LogP contribution in [0.5, 0.6) is 0 Å². The first kappa shape index (κ1) is 32.8. The second-order valence-electron chi connectivity index (χ2n) is 9.42. The number of hydrogen-bond acceptors (Lipinski definition) is 8. The maximum Gasteiger partial charge on any atom is 0.326 e. The molecular formula is C23H39N9O7. The maximum atomic E-state index is 13.1. The highest BCUT2D eigenvalue weighted by Gasteiger charge is 2.30. The van der Waals surface area contributed by atoms with E-state index in [9.17, 15) is 29.1 Å². The second-order valence-corrected chi connectivity index (χ2v) is 9.42. The first-order chi connectivity index (χ1) is 18.3. The van der Waals surface area contributed by atoms with Crippen molar-refractivity contribution in [3.05, 3.63) is 18.2 Å². The second kappa shape index (κ2) is 16.6. The van der Waals surface area contributed by atoms with E-state index < -0.39 is 60.2 Å². The zero-order chi connectivity index (χ0) is 29.5. The SMILES string of the molecule is CC(C)CC(N)C(=O)NC(CCC(=O)O)C(=O)NC(CCCN=C(N)N)C(=O)NC(Cc1cnc[nH]1)C(=O)O. The number of hydrogen-bond donors (Lipinski definition) is 9. The summed E-state index contributed by atoms with van der Waals surface area (Å²) in [5.41, 5.74) is 17.0. The molecule has 1 rings (SSSR count). The van der Waals surface area contributed by atoms with Gasteiger partial charge in [-0.2, -0.15) is 0 Å². The molecule has 0 aromatic carbocycles. The molecule has 16 heteroatoms. The number of carboxylic acids is 2. The molecule has 0 bridgehead atoms. The quantitative estimate of drug-likeness (QED) is 0.0533. The van der Waals surface area contributed by atoms with Crippen LogP contribution < -0.4 is 33.2 Å². The summed E-state index contributed by atoms with van der Waals surface area (Å²) >= 11 is 0. The molecule has 0 aliphatic carbocycles. The van der Waals surface area contributed by atoms with Gasteiger partial charge in [-0.3, -0.25) is 24.2 Å². The fourth-order valence-electron chi connectivity index (χ4n) is 3.56. The van der Waals surface area contributed by atoms with E-state index >= 15 is 0 Å². The summed E-state index contributed by atoms with van der Waals surface area (Å²) in [4.78, 5) is 72.1.